The van der Waals surface area contributed by atoms with Crippen molar-refractivity contribution in [3.8, 4) is 0 Å². The molecule has 0 N–H and O–H groups in total. The van der Waals surface area contributed by atoms with Crippen LogP contribution < -0.4 is 0 Å². The maximum atomic E-state index is 4.82. The molecular weight excluding hydrogens is 206 g/mol. The average molecular weight is 234 g/mol. The van der Waals surface area contributed by atoms with Crippen LogP contribution in [0.15, 0.2) is 0 Å². The lowest BCUT2D eigenvalue weighted by Crippen LogP contribution is -2.37. The zero-order chi connectivity index (χ0) is 12.4. The predicted octanol–water partition coefficient (Wildman–Crippen LogP) is 4.48. The third kappa shape index (κ3) is 1.47. The van der Waals surface area contributed by atoms with Gasteiger partial charge in [-0.15, -0.1) is 5.54 Å². The molecule has 0 aromatic rings. The molecule has 98 valence electrons. The molecule has 3 saturated carbocycles. The van der Waals surface area contributed by atoms with Crippen molar-refractivity contribution in [2.75, 3.05) is 7.05 Å². The maximum absolute atomic E-state index is 4.82. The molecule has 3 rings (SSSR count). The number of rotatable bonds is 1. The highest BCUT2D eigenvalue weighted by Crippen LogP contribution is 2.71. The van der Waals surface area contributed by atoms with Gasteiger partial charge in [0.15, 0.2) is 0 Å². The summed E-state index contributed by atoms with van der Waals surface area (Å²) in [6.45, 7) is 9.95. The monoisotopic (exact) mass is 234 g/mol. The van der Waals surface area contributed by atoms with E-state index >= 15 is 0 Å². The first-order chi connectivity index (χ1) is 7.92. The van der Waals surface area contributed by atoms with Crippen molar-refractivity contribution < 1.29 is 0 Å². The Morgan fingerprint density at radius 2 is 1.71 bits per heavy atom. The molecule has 0 saturated heterocycles. The van der Waals surface area contributed by atoms with E-state index in [4.69, 9.17) is 5.32 Å². The van der Waals surface area contributed by atoms with Crippen molar-refractivity contribution in [3.05, 3.63) is 5.32 Å². The molecule has 1 heteroatoms. The molecule has 0 spiro atoms. The largest absolute Gasteiger partial charge is 0.659 e. The lowest BCUT2D eigenvalue weighted by Gasteiger charge is -2.50. The van der Waals surface area contributed by atoms with Crippen LogP contribution in [0.25, 0.3) is 5.32 Å². The van der Waals surface area contributed by atoms with Gasteiger partial charge in [0.2, 0.25) is 0 Å². The fourth-order valence-corrected chi connectivity index (χ4v) is 5.57. The highest BCUT2D eigenvalue weighted by Gasteiger charge is 2.65. The SMILES string of the molecule is C[N-][C@]1(C)CC[C@@H]2[C@H]([C@@H]3[C@H](C)CC[C@H]31)C2(C)C. The van der Waals surface area contributed by atoms with E-state index in [-0.39, 0.29) is 0 Å². The topological polar surface area (TPSA) is 14.1 Å². The minimum absolute atomic E-state index is 0.291. The first kappa shape index (κ1) is 12.0. The van der Waals surface area contributed by atoms with Crippen LogP contribution in [0.1, 0.15) is 53.4 Å². The standard InChI is InChI=1S/C16H28N/c1-10-6-7-11-13(10)14-12(15(14,2)3)8-9-16(11,4)17-5/h10-14H,6-9H2,1-5H3/q-1/t10-,11-,12-,13-,14-,16-/m1/s1. The molecule has 0 radical (unpaired) electrons. The minimum atomic E-state index is 0.291. The molecule has 17 heavy (non-hydrogen) atoms. The van der Waals surface area contributed by atoms with Crippen LogP contribution in [0.3, 0.4) is 0 Å². The Hall–Kier alpha value is -0.0400. The first-order valence-corrected chi connectivity index (χ1v) is 7.53. The third-order valence-electron chi connectivity index (χ3n) is 6.88. The number of fused-ring (bicyclic) bond motifs is 3. The zero-order valence-corrected chi connectivity index (χ0v) is 12.2. The average Bonchev–Trinajstić information content (AvgIpc) is 2.65. The second-order valence-electron chi connectivity index (χ2n) is 7.81. The summed E-state index contributed by atoms with van der Waals surface area (Å²) in [7, 11) is 2.06. The summed E-state index contributed by atoms with van der Waals surface area (Å²) in [5.74, 6) is 4.78. The summed E-state index contributed by atoms with van der Waals surface area (Å²) in [5.41, 5.74) is 0.926. The van der Waals surface area contributed by atoms with E-state index in [1.165, 1.54) is 25.7 Å². The summed E-state index contributed by atoms with van der Waals surface area (Å²) >= 11 is 0. The molecule has 3 aliphatic rings. The van der Waals surface area contributed by atoms with Crippen molar-refractivity contribution in [2.45, 2.75) is 58.9 Å². The Morgan fingerprint density at radius 3 is 2.35 bits per heavy atom. The van der Waals surface area contributed by atoms with E-state index in [0.29, 0.717) is 11.0 Å². The van der Waals surface area contributed by atoms with Crippen LogP contribution >= 0.6 is 0 Å². The molecule has 6 atom stereocenters. The van der Waals surface area contributed by atoms with Gasteiger partial charge in [0.25, 0.3) is 0 Å². The van der Waals surface area contributed by atoms with Gasteiger partial charge < -0.3 is 5.32 Å². The van der Waals surface area contributed by atoms with Gasteiger partial charge in [0, 0.05) is 0 Å². The van der Waals surface area contributed by atoms with E-state index in [1.54, 1.807) is 0 Å². The molecule has 0 amide bonds. The molecule has 0 unspecified atom stereocenters. The summed E-state index contributed by atoms with van der Waals surface area (Å²) in [6, 6.07) is 0. The summed E-state index contributed by atoms with van der Waals surface area (Å²) in [6.07, 6.45) is 5.63. The van der Waals surface area contributed by atoms with Gasteiger partial charge in [-0.05, 0) is 29.1 Å². The molecule has 0 aliphatic heterocycles. The first-order valence-electron chi connectivity index (χ1n) is 7.53. The van der Waals surface area contributed by atoms with Crippen molar-refractivity contribution in [1.29, 1.82) is 0 Å². The molecule has 0 heterocycles. The molecular formula is C16H28N-. The van der Waals surface area contributed by atoms with E-state index in [9.17, 15) is 0 Å². The van der Waals surface area contributed by atoms with Gasteiger partial charge in [-0.2, -0.15) is 7.05 Å². The quantitative estimate of drug-likeness (QED) is 0.635. The van der Waals surface area contributed by atoms with Gasteiger partial charge in [-0.1, -0.05) is 59.3 Å². The Balaban J connectivity index is 1.94. The van der Waals surface area contributed by atoms with Crippen molar-refractivity contribution in [3.63, 3.8) is 0 Å². The van der Waals surface area contributed by atoms with Crippen LogP contribution in [0, 0.1) is 35.0 Å². The van der Waals surface area contributed by atoms with Crippen LogP contribution in [0.5, 0.6) is 0 Å². The lowest BCUT2D eigenvalue weighted by atomic mass is 9.72. The van der Waals surface area contributed by atoms with Crippen molar-refractivity contribution in [2.24, 2.45) is 35.0 Å². The fourth-order valence-electron chi connectivity index (χ4n) is 5.57. The Morgan fingerprint density at radius 1 is 1.00 bits per heavy atom. The lowest BCUT2D eigenvalue weighted by molar-refractivity contribution is 0.193. The summed E-state index contributed by atoms with van der Waals surface area (Å²) in [5, 5.41) is 4.82. The summed E-state index contributed by atoms with van der Waals surface area (Å²) in [4.78, 5) is 0. The van der Waals surface area contributed by atoms with Crippen molar-refractivity contribution >= 4 is 0 Å². The van der Waals surface area contributed by atoms with Crippen LogP contribution in [-0.4, -0.2) is 12.6 Å². The van der Waals surface area contributed by atoms with Gasteiger partial charge in [-0.3, -0.25) is 0 Å². The number of hydrogen-bond acceptors (Lipinski definition) is 0. The van der Waals surface area contributed by atoms with Crippen LogP contribution in [0.2, 0.25) is 0 Å². The minimum Gasteiger partial charge on any atom is -0.659 e. The second kappa shape index (κ2) is 3.50. The van der Waals surface area contributed by atoms with E-state index in [2.05, 4.69) is 34.7 Å². The molecule has 0 aromatic heterocycles. The highest BCUT2D eigenvalue weighted by atomic mass is 15.0. The normalized spacial score (nSPS) is 55.9. The maximum Gasteiger partial charge on any atom is -0.0289 e. The number of nitrogens with zero attached hydrogens (tertiary/aromatic N) is 1. The molecule has 1 nitrogen and oxygen atoms in total. The van der Waals surface area contributed by atoms with Gasteiger partial charge in [0.05, 0.1) is 0 Å². The Bertz CT molecular complexity index is 321. The third-order valence-corrected chi connectivity index (χ3v) is 6.88. The Labute approximate surface area is 107 Å². The van der Waals surface area contributed by atoms with E-state index in [1.807, 2.05) is 0 Å². The molecule has 0 aromatic carbocycles. The number of hydrogen-bond donors (Lipinski definition) is 0. The van der Waals surface area contributed by atoms with Gasteiger partial charge >= 0.3 is 0 Å². The van der Waals surface area contributed by atoms with Crippen LogP contribution in [-0.2, 0) is 0 Å². The second-order valence-corrected chi connectivity index (χ2v) is 7.81. The van der Waals surface area contributed by atoms with Gasteiger partial charge in [0.1, 0.15) is 0 Å². The zero-order valence-electron chi connectivity index (χ0n) is 12.2. The molecule has 0 bridgehead atoms. The van der Waals surface area contributed by atoms with Gasteiger partial charge in [-0.25, -0.2) is 0 Å². The highest BCUT2D eigenvalue weighted by molar-refractivity contribution is 5.20. The smallest absolute Gasteiger partial charge is 0.0289 e. The Kier molecular flexibility index (Phi) is 2.47. The van der Waals surface area contributed by atoms with Crippen molar-refractivity contribution in [1.82, 2.24) is 0 Å². The molecule has 3 aliphatic carbocycles. The molecule has 3 fully saturated rings. The predicted molar refractivity (Wildman–Crippen MR) is 73.1 cm³/mol. The summed E-state index contributed by atoms with van der Waals surface area (Å²) < 4.78 is 0. The van der Waals surface area contributed by atoms with E-state index in [0.717, 1.165) is 29.6 Å². The van der Waals surface area contributed by atoms with Crippen LogP contribution in [0.4, 0.5) is 0 Å². The fraction of sp³-hybridized carbons (Fsp3) is 1.00. The van der Waals surface area contributed by atoms with E-state index < -0.39 is 0 Å².